The Balaban J connectivity index is 1.41. The molecule has 0 unspecified atom stereocenters. The second-order valence-electron chi connectivity index (χ2n) is 5.78. The first-order chi connectivity index (χ1) is 11.8. The third kappa shape index (κ3) is 2.88. The van der Waals surface area contributed by atoms with E-state index in [1.54, 1.807) is 23.9 Å². The molecule has 4 heterocycles. The van der Waals surface area contributed by atoms with E-state index < -0.39 is 0 Å². The number of aromatic nitrogens is 3. The number of nitrogens with zero attached hydrogens (tertiary/aromatic N) is 5. The summed E-state index contributed by atoms with van der Waals surface area (Å²) in [5, 5.41) is 15.6. The molecule has 0 saturated carbocycles. The van der Waals surface area contributed by atoms with E-state index in [4.69, 9.17) is 5.26 Å². The van der Waals surface area contributed by atoms with Crippen LogP contribution in [0.15, 0.2) is 36.1 Å². The highest BCUT2D eigenvalue weighted by molar-refractivity contribution is 7.16. The third-order valence-corrected chi connectivity index (χ3v) is 5.12. The van der Waals surface area contributed by atoms with Gasteiger partial charge in [0.2, 0.25) is 0 Å². The molecule has 3 aromatic rings. The zero-order chi connectivity index (χ0) is 16.4. The summed E-state index contributed by atoms with van der Waals surface area (Å²) in [6.45, 7) is 1.88. The zero-order valence-electron chi connectivity index (χ0n) is 13.0. The highest BCUT2D eigenvalue weighted by Crippen LogP contribution is 2.26. The minimum Gasteiger partial charge on any atom is -0.367 e. The summed E-state index contributed by atoms with van der Waals surface area (Å²) < 4.78 is 0. The first kappa shape index (κ1) is 14.8. The Morgan fingerprint density at radius 2 is 2.04 bits per heavy atom. The van der Waals surface area contributed by atoms with E-state index in [2.05, 4.69) is 37.3 Å². The van der Waals surface area contributed by atoms with Crippen LogP contribution in [0.25, 0.3) is 10.2 Å². The van der Waals surface area contributed by atoms with Crippen LogP contribution in [0.3, 0.4) is 0 Å². The molecule has 7 heteroatoms. The van der Waals surface area contributed by atoms with Gasteiger partial charge < -0.3 is 10.2 Å². The quantitative estimate of drug-likeness (QED) is 0.792. The summed E-state index contributed by atoms with van der Waals surface area (Å²) in [5.41, 5.74) is 0.596. The van der Waals surface area contributed by atoms with Gasteiger partial charge in [0, 0.05) is 25.3 Å². The van der Waals surface area contributed by atoms with Gasteiger partial charge in [-0.2, -0.15) is 5.26 Å². The van der Waals surface area contributed by atoms with Crippen molar-refractivity contribution >= 4 is 33.2 Å². The molecule has 0 radical (unpaired) electrons. The molecule has 1 N–H and O–H groups in total. The minimum absolute atomic E-state index is 0.401. The molecular weight excluding hydrogens is 320 g/mol. The lowest BCUT2D eigenvalue weighted by atomic mass is 10.0. The second kappa shape index (κ2) is 6.42. The molecule has 0 aliphatic carbocycles. The fraction of sp³-hybridized carbons (Fsp3) is 0.294. The van der Waals surface area contributed by atoms with Crippen molar-refractivity contribution < 1.29 is 0 Å². The fourth-order valence-corrected chi connectivity index (χ4v) is 3.72. The number of fused-ring (bicyclic) bond motifs is 1. The molecule has 0 spiro atoms. The summed E-state index contributed by atoms with van der Waals surface area (Å²) in [6.07, 6.45) is 5.31. The lowest BCUT2D eigenvalue weighted by Gasteiger charge is -2.33. The van der Waals surface area contributed by atoms with Gasteiger partial charge in [0.25, 0.3) is 0 Å². The molecule has 3 aromatic heterocycles. The lowest BCUT2D eigenvalue weighted by molar-refractivity contribution is 0.523. The van der Waals surface area contributed by atoms with Gasteiger partial charge in [0.1, 0.15) is 28.9 Å². The number of hydrogen-bond donors (Lipinski definition) is 1. The van der Waals surface area contributed by atoms with E-state index in [0.717, 1.165) is 47.8 Å². The number of rotatable bonds is 3. The Labute approximate surface area is 143 Å². The number of nitrogens with one attached hydrogen (secondary N) is 1. The van der Waals surface area contributed by atoms with Gasteiger partial charge in [-0.15, -0.1) is 11.3 Å². The fourth-order valence-electron chi connectivity index (χ4n) is 2.99. The number of piperidine rings is 1. The Bertz CT molecular complexity index is 874. The highest BCUT2D eigenvalue weighted by atomic mass is 32.1. The Kier molecular flexibility index (Phi) is 3.97. The van der Waals surface area contributed by atoms with E-state index in [0.29, 0.717) is 11.6 Å². The van der Waals surface area contributed by atoms with Gasteiger partial charge in [-0.25, -0.2) is 15.0 Å². The van der Waals surface area contributed by atoms with Crippen molar-refractivity contribution in [2.45, 2.75) is 18.9 Å². The second-order valence-corrected chi connectivity index (χ2v) is 6.68. The molecule has 120 valence electrons. The Morgan fingerprint density at radius 1 is 1.17 bits per heavy atom. The maximum atomic E-state index is 8.85. The van der Waals surface area contributed by atoms with Crippen LogP contribution < -0.4 is 10.2 Å². The molecule has 0 bridgehead atoms. The topological polar surface area (TPSA) is 77.7 Å². The predicted molar refractivity (Wildman–Crippen MR) is 95.2 cm³/mol. The Morgan fingerprint density at radius 3 is 2.79 bits per heavy atom. The van der Waals surface area contributed by atoms with E-state index in [1.807, 2.05) is 17.5 Å². The number of hydrogen-bond acceptors (Lipinski definition) is 7. The maximum Gasteiger partial charge on any atom is 0.138 e. The molecular formula is C17H16N6S. The summed E-state index contributed by atoms with van der Waals surface area (Å²) in [7, 11) is 0. The minimum atomic E-state index is 0.401. The molecule has 0 atom stereocenters. The maximum absolute atomic E-state index is 8.85. The average Bonchev–Trinajstić information content (AvgIpc) is 3.12. The van der Waals surface area contributed by atoms with E-state index in [1.165, 1.54) is 0 Å². The average molecular weight is 336 g/mol. The summed E-state index contributed by atoms with van der Waals surface area (Å²) in [5.74, 6) is 1.87. The van der Waals surface area contributed by atoms with Crippen LogP contribution in [0.4, 0.5) is 11.6 Å². The Hall–Kier alpha value is -2.72. The first-order valence-electron chi connectivity index (χ1n) is 7.89. The van der Waals surface area contributed by atoms with E-state index >= 15 is 0 Å². The van der Waals surface area contributed by atoms with Crippen molar-refractivity contribution in [2.75, 3.05) is 23.3 Å². The van der Waals surface area contributed by atoms with Gasteiger partial charge in [0.05, 0.1) is 10.9 Å². The molecule has 1 fully saturated rings. The largest absolute Gasteiger partial charge is 0.367 e. The summed E-state index contributed by atoms with van der Waals surface area (Å²) >= 11 is 1.63. The summed E-state index contributed by atoms with van der Waals surface area (Å²) in [6, 6.07) is 8.31. The van der Waals surface area contributed by atoms with Crippen molar-refractivity contribution in [3.63, 3.8) is 0 Å². The van der Waals surface area contributed by atoms with Crippen LogP contribution in [0.1, 0.15) is 18.4 Å². The molecule has 1 aliphatic heterocycles. The van der Waals surface area contributed by atoms with Crippen LogP contribution in [0.5, 0.6) is 0 Å². The van der Waals surface area contributed by atoms with E-state index in [9.17, 15) is 0 Å². The van der Waals surface area contributed by atoms with Gasteiger partial charge >= 0.3 is 0 Å². The monoisotopic (exact) mass is 336 g/mol. The number of thiophene rings is 1. The SMILES string of the molecule is N#Cc1ccc(N2CCC(Nc3ncnc4sccc34)CC2)nc1. The van der Waals surface area contributed by atoms with Crippen LogP contribution in [-0.4, -0.2) is 34.1 Å². The molecule has 1 aliphatic rings. The van der Waals surface area contributed by atoms with Crippen LogP contribution >= 0.6 is 11.3 Å². The number of anilines is 2. The highest BCUT2D eigenvalue weighted by Gasteiger charge is 2.21. The van der Waals surface area contributed by atoms with Crippen LogP contribution in [-0.2, 0) is 0 Å². The van der Waals surface area contributed by atoms with Gasteiger partial charge in [-0.05, 0) is 36.4 Å². The van der Waals surface area contributed by atoms with Gasteiger partial charge in [-0.1, -0.05) is 0 Å². The van der Waals surface area contributed by atoms with Crippen LogP contribution in [0.2, 0.25) is 0 Å². The normalized spacial score (nSPS) is 15.4. The molecule has 6 nitrogen and oxygen atoms in total. The van der Waals surface area contributed by atoms with Crippen molar-refractivity contribution in [2.24, 2.45) is 0 Å². The number of pyridine rings is 1. The van der Waals surface area contributed by atoms with Crippen molar-refractivity contribution in [3.8, 4) is 6.07 Å². The first-order valence-corrected chi connectivity index (χ1v) is 8.77. The van der Waals surface area contributed by atoms with E-state index in [-0.39, 0.29) is 0 Å². The smallest absolute Gasteiger partial charge is 0.138 e. The molecule has 4 rings (SSSR count). The van der Waals surface area contributed by atoms with Gasteiger partial charge in [-0.3, -0.25) is 0 Å². The van der Waals surface area contributed by atoms with Crippen LogP contribution in [0, 0.1) is 11.3 Å². The molecule has 0 amide bonds. The molecule has 0 aromatic carbocycles. The van der Waals surface area contributed by atoms with Crippen molar-refractivity contribution in [1.82, 2.24) is 15.0 Å². The molecule has 24 heavy (non-hydrogen) atoms. The van der Waals surface area contributed by atoms with Crippen molar-refractivity contribution in [3.05, 3.63) is 41.7 Å². The zero-order valence-corrected chi connectivity index (χ0v) is 13.8. The predicted octanol–water partition coefficient (Wildman–Crippen LogP) is 3.04. The van der Waals surface area contributed by atoms with Crippen molar-refractivity contribution in [1.29, 1.82) is 5.26 Å². The standard InChI is InChI=1S/C17H16N6S/c18-9-12-1-2-15(19-10-12)23-6-3-13(4-7-23)22-16-14-5-8-24-17(14)21-11-20-16/h1-2,5,8,10-11,13H,3-4,6-7H2,(H,20,21,22). The third-order valence-electron chi connectivity index (χ3n) is 4.30. The number of nitriles is 1. The molecule has 1 saturated heterocycles. The lowest BCUT2D eigenvalue weighted by Crippen LogP contribution is -2.39. The summed E-state index contributed by atoms with van der Waals surface area (Å²) in [4.78, 5) is 16.3. The van der Waals surface area contributed by atoms with Gasteiger partial charge in [0.15, 0.2) is 0 Å².